The number of rotatable bonds is 1. The van der Waals surface area contributed by atoms with Crippen LogP contribution in [-0.4, -0.2) is 35.8 Å². The van der Waals surface area contributed by atoms with Crippen molar-refractivity contribution < 1.29 is 18.6 Å². The van der Waals surface area contributed by atoms with Crippen LogP contribution in [0.2, 0.25) is 0 Å². The molecule has 3 aromatic rings. The van der Waals surface area contributed by atoms with E-state index in [0.29, 0.717) is 47.1 Å². The summed E-state index contributed by atoms with van der Waals surface area (Å²) < 4.78 is 31.6. The lowest BCUT2D eigenvalue weighted by atomic mass is 9.79. The number of ether oxygens (including phenoxy) is 3. The zero-order valence-electron chi connectivity index (χ0n) is 17.8. The minimum absolute atomic E-state index is 0.0638. The molecule has 3 aliphatic heterocycles. The molecule has 33 heavy (non-hydrogen) atoms. The Hall–Kier alpha value is -3.96. The molecule has 2 N–H and O–H groups in total. The van der Waals surface area contributed by atoms with Gasteiger partial charge in [0.05, 0.1) is 24.2 Å². The minimum atomic E-state index is -1.02. The van der Waals surface area contributed by atoms with Gasteiger partial charge in [0.1, 0.15) is 12.4 Å². The Morgan fingerprint density at radius 2 is 1.97 bits per heavy atom. The standard InChI is InChI=1S/C25H19FN4O3/c1-24(12-31-13-24)8-6-15-7-10-29-22-20(15)25(14-32-23(27)30-25)18-11-16(4-5-19(18)33-22)17-3-2-9-28-21(17)26/h2-5,7,9-11H,12-14H2,1H3,(H2,27,30)/t25-/m0/s1. The van der Waals surface area contributed by atoms with Crippen LogP contribution in [0.5, 0.6) is 11.6 Å². The molecule has 0 saturated carbocycles. The predicted octanol–water partition coefficient (Wildman–Crippen LogP) is 3.36. The fourth-order valence-electron chi connectivity index (χ4n) is 4.37. The van der Waals surface area contributed by atoms with Crippen LogP contribution in [0.15, 0.2) is 53.8 Å². The van der Waals surface area contributed by atoms with E-state index in [1.807, 2.05) is 12.1 Å². The van der Waals surface area contributed by atoms with Gasteiger partial charge in [-0.05, 0) is 42.8 Å². The molecule has 1 fully saturated rings. The van der Waals surface area contributed by atoms with Gasteiger partial charge in [-0.25, -0.2) is 15.0 Å². The van der Waals surface area contributed by atoms with Crippen molar-refractivity contribution in [1.82, 2.24) is 9.97 Å². The number of aliphatic imine (C=N–C) groups is 1. The average molecular weight is 442 g/mol. The van der Waals surface area contributed by atoms with E-state index in [2.05, 4.69) is 28.7 Å². The number of hydrogen-bond acceptors (Lipinski definition) is 7. The van der Waals surface area contributed by atoms with Crippen molar-refractivity contribution in [3.8, 4) is 34.6 Å². The first-order valence-electron chi connectivity index (χ1n) is 10.5. The summed E-state index contributed by atoms with van der Waals surface area (Å²) in [7, 11) is 0. The number of pyridine rings is 2. The average Bonchev–Trinajstić information content (AvgIpc) is 3.18. The quantitative estimate of drug-likeness (QED) is 0.459. The van der Waals surface area contributed by atoms with Crippen molar-refractivity contribution in [3.05, 3.63) is 71.4 Å². The number of fused-ring (bicyclic) bond motifs is 4. The zero-order valence-corrected chi connectivity index (χ0v) is 17.8. The molecule has 8 heteroatoms. The van der Waals surface area contributed by atoms with Gasteiger partial charge in [-0.3, -0.25) is 0 Å². The number of benzene rings is 1. The Bertz CT molecular complexity index is 1390. The monoisotopic (exact) mass is 442 g/mol. The van der Waals surface area contributed by atoms with Gasteiger partial charge < -0.3 is 19.9 Å². The summed E-state index contributed by atoms with van der Waals surface area (Å²) in [6, 6.07) is 10.7. The van der Waals surface area contributed by atoms with E-state index in [1.165, 1.54) is 6.20 Å². The molecule has 0 amide bonds. The predicted molar refractivity (Wildman–Crippen MR) is 118 cm³/mol. The van der Waals surface area contributed by atoms with Crippen LogP contribution in [0.4, 0.5) is 4.39 Å². The number of hydrogen-bond donors (Lipinski definition) is 1. The fraction of sp³-hybridized carbons (Fsp3) is 0.240. The highest BCUT2D eigenvalue weighted by Gasteiger charge is 2.49. The normalized spacial score (nSPS) is 21.5. The van der Waals surface area contributed by atoms with E-state index in [4.69, 9.17) is 24.9 Å². The zero-order chi connectivity index (χ0) is 22.6. The fourth-order valence-corrected chi connectivity index (χ4v) is 4.37. The summed E-state index contributed by atoms with van der Waals surface area (Å²) >= 11 is 0. The van der Waals surface area contributed by atoms with E-state index in [0.717, 1.165) is 5.56 Å². The number of nitrogens with zero attached hydrogens (tertiary/aromatic N) is 3. The highest BCUT2D eigenvalue weighted by Crippen LogP contribution is 2.52. The van der Waals surface area contributed by atoms with E-state index in [-0.39, 0.29) is 18.0 Å². The lowest BCUT2D eigenvalue weighted by molar-refractivity contribution is -0.0648. The van der Waals surface area contributed by atoms with Crippen LogP contribution in [0, 0.1) is 23.2 Å². The lowest BCUT2D eigenvalue weighted by Gasteiger charge is -2.34. The molecule has 0 unspecified atom stereocenters. The molecule has 0 aliphatic carbocycles. The summed E-state index contributed by atoms with van der Waals surface area (Å²) in [5.74, 6) is 6.98. The van der Waals surface area contributed by atoms with E-state index in [1.54, 1.807) is 30.5 Å². The van der Waals surface area contributed by atoms with Crippen molar-refractivity contribution in [2.75, 3.05) is 19.8 Å². The first-order valence-corrected chi connectivity index (χ1v) is 10.5. The van der Waals surface area contributed by atoms with Gasteiger partial charge in [-0.1, -0.05) is 17.9 Å². The molecule has 1 spiro atoms. The summed E-state index contributed by atoms with van der Waals surface area (Å²) in [4.78, 5) is 12.9. The van der Waals surface area contributed by atoms with Crippen LogP contribution >= 0.6 is 0 Å². The molecule has 1 saturated heterocycles. The molecule has 5 heterocycles. The summed E-state index contributed by atoms with van der Waals surface area (Å²) in [5, 5.41) is 0. The highest BCUT2D eigenvalue weighted by atomic mass is 19.1. The molecule has 2 aromatic heterocycles. The number of aromatic nitrogens is 2. The van der Waals surface area contributed by atoms with Crippen molar-refractivity contribution in [3.63, 3.8) is 0 Å². The maximum atomic E-state index is 14.4. The van der Waals surface area contributed by atoms with Crippen LogP contribution in [0.1, 0.15) is 23.6 Å². The van der Waals surface area contributed by atoms with Crippen LogP contribution in [0.3, 0.4) is 0 Å². The van der Waals surface area contributed by atoms with Crippen molar-refractivity contribution in [1.29, 1.82) is 0 Å². The Labute approximate surface area is 189 Å². The molecule has 7 nitrogen and oxygen atoms in total. The molecule has 1 aromatic carbocycles. The third-order valence-electron chi connectivity index (χ3n) is 6.10. The lowest BCUT2D eigenvalue weighted by Crippen LogP contribution is -2.38. The second kappa shape index (κ2) is 7.02. The molecule has 164 valence electrons. The topological polar surface area (TPSA) is 91.9 Å². The second-order valence-electron chi connectivity index (χ2n) is 8.60. The van der Waals surface area contributed by atoms with E-state index >= 15 is 0 Å². The number of halogens is 1. The molecular weight excluding hydrogens is 423 g/mol. The van der Waals surface area contributed by atoms with Gasteiger partial charge in [0.25, 0.3) is 6.02 Å². The summed E-state index contributed by atoms with van der Waals surface area (Å²) in [6.07, 6.45) is 3.07. The van der Waals surface area contributed by atoms with Crippen LogP contribution < -0.4 is 10.5 Å². The van der Waals surface area contributed by atoms with Gasteiger partial charge >= 0.3 is 0 Å². The van der Waals surface area contributed by atoms with Crippen LogP contribution in [-0.2, 0) is 15.0 Å². The Morgan fingerprint density at radius 3 is 2.70 bits per heavy atom. The molecular formula is C25H19FN4O3. The Kier molecular flexibility index (Phi) is 4.19. The molecule has 0 radical (unpaired) electrons. The smallest absolute Gasteiger partial charge is 0.283 e. The van der Waals surface area contributed by atoms with Gasteiger partial charge in [-0.15, -0.1) is 0 Å². The Morgan fingerprint density at radius 1 is 1.09 bits per heavy atom. The maximum Gasteiger partial charge on any atom is 0.283 e. The van der Waals surface area contributed by atoms with Crippen molar-refractivity contribution in [2.24, 2.45) is 16.1 Å². The molecule has 1 atom stereocenters. The third-order valence-corrected chi connectivity index (χ3v) is 6.10. The number of amidine groups is 1. The Balaban J connectivity index is 1.56. The summed E-state index contributed by atoms with van der Waals surface area (Å²) in [5.41, 5.74) is 7.90. The van der Waals surface area contributed by atoms with Gasteiger partial charge in [0.2, 0.25) is 11.8 Å². The van der Waals surface area contributed by atoms with Gasteiger partial charge in [-0.2, -0.15) is 4.39 Å². The third kappa shape index (κ3) is 3.04. The van der Waals surface area contributed by atoms with E-state index in [9.17, 15) is 4.39 Å². The molecule has 3 aliphatic rings. The summed E-state index contributed by atoms with van der Waals surface area (Å²) in [6.45, 7) is 3.39. The first kappa shape index (κ1) is 19.7. The SMILES string of the molecule is CC1(C#Cc2ccnc3c2[C@]2(COC(N)=N2)c2cc(-c4cccnc4F)ccc2O3)COC1. The maximum absolute atomic E-state index is 14.4. The first-order chi connectivity index (χ1) is 16.0. The molecule has 0 bridgehead atoms. The van der Waals surface area contributed by atoms with Gasteiger partial charge in [0, 0.05) is 29.1 Å². The highest BCUT2D eigenvalue weighted by molar-refractivity contribution is 5.78. The minimum Gasteiger partial charge on any atom is -0.462 e. The number of nitrogens with two attached hydrogens (primary N) is 1. The van der Waals surface area contributed by atoms with E-state index < -0.39 is 11.5 Å². The second-order valence-corrected chi connectivity index (χ2v) is 8.60. The van der Waals surface area contributed by atoms with Gasteiger partial charge in [0.15, 0.2) is 5.54 Å². The van der Waals surface area contributed by atoms with Crippen LogP contribution in [0.25, 0.3) is 11.1 Å². The van der Waals surface area contributed by atoms with Crippen molar-refractivity contribution in [2.45, 2.75) is 12.5 Å². The largest absolute Gasteiger partial charge is 0.462 e. The molecule has 6 rings (SSSR count). The van der Waals surface area contributed by atoms with Crippen molar-refractivity contribution >= 4 is 6.02 Å².